The lowest BCUT2D eigenvalue weighted by atomic mass is 10.2. The summed E-state index contributed by atoms with van der Waals surface area (Å²) in [6.07, 6.45) is -6.19. The molecule has 1 aromatic rings. The minimum atomic E-state index is -4.41. The molecular formula is C11H11BrF3NO4S. The standard InChI is InChI=1S/C11H11BrF3NO4S/c12-8-4-7(10(17)18)5-9(6-8)16-21(19,20)3-1-2-11(13,14)15/h4-6,16H,1-3H2,(H,17,18). The second-order valence-electron chi connectivity index (χ2n) is 4.17. The van der Waals surface area contributed by atoms with Crippen LogP contribution in [0.4, 0.5) is 18.9 Å². The molecule has 2 N–H and O–H groups in total. The Morgan fingerprint density at radius 3 is 2.43 bits per heavy atom. The van der Waals surface area contributed by atoms with Crippen LogP contribution in [0.2, 0.25) is 0 Å². The number of benzene rings is 1. The van der Waals surface area contributed by atoms with E-state index in [1.165, 1.54) is 12.1 Å². The number of alkyl halides is 3. The number of carbonyl (C=O) groups is 1. The van der Waals surface area contributed by atoms with E-state index in [1.54, 1.807) is 0 Å². The molecular weight excluding hydrogens is 379 g/mol. The largest absolute Gasteiger partial charge is 0.478 e. The van der Waals surface area contributed by atoms with Crippen molar-refractivity contribution in [2.75, 3.05) is 10.5 Å². The first-order valence-corrected chi connectivity index (χ1v) is 8.04. The monoisotopic (exact) mass is 389 g/mol. The molecule has 0 spiro atoms. The van der Waals surface area contributed by atoms with Crippen molar-refractivity contribution in [3.05, 3.63) is 28.2 Å². The van der Waals surface area contributed by atoms with Crippen molar-refractivity contribution in [3.8, 4) is 0 Å². The van der Waals surface area contributed by atoms with Gasteiger partial charge in [0.25, 0.3) is 0 Å². The minimum Gasteiger partial charge on any atom is -0.478 e. The highest BCUT2D eigenvalue weighted by molar-refractivity contribution is 9.10. The van der Waals surface area contributed by atoms with Gasteiger partial charge in [-0.05, 0) is 24.6 Å². The summed E-state index contributed by atoms with van der Waals surface area (Å²) in [4.78, 5) is 10.8. The van der Waals surface area contributed by atoms with Crippen LogP contribution in [0.15, 0.2) is 22.7 Å². The lowest BCUT2D eigenvalue weighted by Crippen LogP contribution is -2.19. The zero-order chi connectivity index (χ0) is 16.3. The van der Waals surface area contributed by atoms with Crippen LogP contribution in [0, 0.1) is 0 Å². The van der Waals surface area contributed by atoms with Crippen LogP contribution in [0.5, 0.6) is 0 Å². The van der Waals surface area contributed by atoms with E-state index in [2.05, 4.69) is 20.7 Å². The summed E-state index contributed by atoms with van der Waals surface area (Å²) in [6, 6.07) is 3.66. The number of nitrogens with one attached hydrogen (secondary N) is 1. The molecule has 0 aliphatic carbocycles. The fourth-order valence-corrected chi connectivity index (χ4v) is 3.06. The second kappa shape index (κ2) is 6.65. The summed E-state index contributed by atoms with van der Waals surface area (Å²) in [7, 11) is -3.98. The summed E-state index contributed by atoms with van der Waals surface area (Å²) in [5, 5.41) is 8.84. The number of carboxylic acid groups (broad SMARTS) is 1. The van der Waals surface area contributed by atoms with E-state index >= 15 is 0 Å². The molecule has 0 aromatic heterocycles. The molecule has 0 aliphatic heterocycles. The molecule has 0 saturated heterocycles. The summed E-state index contributed by atoms with van der Waals surface area (Å²) in [6.45, 7) is 0. The van der Waals surface area contributed by atoms with E-state index in [1.807, 2.05) is 0 Å². The molecule has 0 unspecified atom stereocenters. The second-order valence-corrected chi connectivity index (χ2v) is 6.93. The quantitative estimate of drug-likeness (QED) is 0.782. The molecule has 21 heavy (non-hydrogen) atoms. The van der Waals surface area contributed by atoms with Gasteiger partial charge in [-0.25, -0.2) is 13.2 Å². The van der Waals surface area contributed by atoms with Crippen LogP contribution in [0.1, 0.15) is 23.2 Å². The number of anilines is 1. The van der Waals surface area contributed by atoms with E-state index in [9.17, 15) is 26.4 Å². The molecule has 0 saturated carbocycles. The third-order valence-corrected chi connectivity index (χ3v) is 4.12. The van der Waals surface area contributed by atoms with E-state index in [0.29, 0.717) is 4.47 Å². The lowest BCUT2D eigenvalue weighted by Gasteiger charge is -2.10. The summed E-state index contributed by atoms with van der Waals surface area (Å²) >= 11 is 3.02. The first kappa shape index (κ1) is 17.8. The van der Waals surface area contributed by atoms with Gasteiger partial charge in [-0.15, -0.1) is 0 Å². The molecule has 0 heterocycles. The van der Waals surface area contributed by atoms with Crippen molar-refractivity contribution < 1.29 is 31.5 Å². The van der Waals surface area contributed by atoms with Crippen molar-refractivity contribution >= 4 is 37.6 Å². The highest BCUT2D eigenvalue weighted by atomic mass is 79.9. The normalized spacial score (nSPS) is 12.2. The molecule has 5 nitrogen and oxygen atoms in total. The van der Waals surface area contributed by atoms with Crippen LogP contribution in [0.25, 0.3) is 0 Å². The Morgan fingerprint density at radius 2 is 1.90 bits per heavy atom. The van der Waals surface area contributed by atoms with Gasteiger partial charge in [-0.1, -0.05) is 15.9 Å². The highest BCUT2D eigenvalue weighted by Gasteiger charge is 2.27. The van der Waals surface area contributed by atoms with Gasteiger partial charge in [-0.3, -0.25) is 4.72 Å². The number of rotatable bonds is 6. The number of hydrogen-bond acceptors (Lipinski definition) is 3. The maximum Gasteiger partial charge on any atom is 0.389 e. The van der Waals surface area contributed by atoms with E-state index < -0.39 is 40.8 Å². The number of aromatic carboxylic acids is 1. The van der Waals surface area contributed by atoms with Crippen LogP contribution in [-0.2, 0) is 10.0 Å². The predicted octanol–water partition coefficient (Wildman–Crippen LogP) is 3.23. The molecule has 0 fully saturated rings. The number of carboxylic acids is 1. The Bertz CT molecular complexity index is 631. The van der Waals surface area contributed by atoms with Crippen LogP contribution in [-0.4, -0.2) is 31.4 Å². The Labute approximate surface area is 127 Å². The van der Waals surface area contributed by atoms with Crippen LogP contribution >= 0.6 is 15.9 Å². The Hall–Kier alpha value is -1.29. The van der Waals surface area contributed by atoms with Crippen molar-refractivity contribution in [2.24, 2.45) is 0 Å². The fourth-order valence-electron chi connectivity index (χ4n) is 1.47. The SMILES string of the molecule is O=C(O)c1cc(Br)cc(NS(=O)(=O)CCCC(F)(F)F)c1. The average molecular weight is 390 g/mol. The summed E-state index contributed by atoms with van der Waals surface area (Å²) < 4.78 is 61.6. The fraction of sp³-hybridized carbons (Fsp3) is 0.364. The predicted molar refractivity (Wildman–Crippen MR) is 73.8 cm³/mol. The molecule has 0 aliphatic rings. The Kier molecular flexibility index (Phi) is 5.62. The first-order valence-electron chi connectivity index (χ1n) is 5.60. The number of hydrogen-bond donors (Lipinski definition) is 2. The Balaban J connectivity index is 2.78. The third kappa shape index (κ3) is 6.80. The zero-order valence-corrected chi connectivity index (χ0v) is 12.8. The maximum atomic E-state index is 12.0. The molecule has 10 heteroatoms. The van der Waals surface area contributed by atoms with Crippen molar-refractivity contribution in [2.45, 2.75) is 19.0 Å². The van der Waals surface area contributed by atoms with Crippen molar-refractivity contribution in [1.29, 1.82) is 0 Å². The van der Waals surface area contributed by atoms with E-state index in [4.69, 9.17) is 5.11 Å². The minimum absolute atomic E-state index is 0.0335. The van der Waals surface area contributed by atoms with Gasteiger partial charge in [0.2, 0.25) is 10.0 Å². The van der Waals surface area contributed by atoms with Gasteiger partial charge in [0.05, 0.1) is 17.0 Å². The van der Waals surface area contributed by atoms with Gasteiger partial charge < -0.3 is 5.11 Å². The van der Waals surface area contributed by atoms with Gasteiger partial charge in [0, 0.05) is 10.9 Å². The van der Waals surface area contributed by atoms with Crippen molar-refractivity contribution in [1.82, 2.24) is 0 Å². The molecule has 1 aromatic carbocycles. The van der Waals surface area contributed by atoms with Gasteiger partial charge >= 0.3 is 12.1 Å². The third-order valence-electron chi connectivity index (χ3n) is 2.29. The number of sulfonamides is 1. The van der Waals surface area contributed by atoms with Gasteiger partial charge in [-0.2, -0.15) is 13.2 Å². The van der Waals surface area contributed by atoms with Crippen molar-refractivity contribution in [3.63, 3.8) is 0 Å². The topological polar surface area (TPSA) is 83.5 Å². The molecule has 1 rings (SSSR count). The Morgan fingerprint density at radius 1 is 1.29 bits per heavy atom. The van der Waals surface area contributed by atoms with Crippen LogP contribution < -0.4 is 4.72 Å². The maximum absolute atomic E-state index is 12.0. The molecule has 0 radical (unpaired) electrons. The average Bonchev–Trinajstić information content (AvgIpc) is 2.24. The summed E-state index contributed by atoms with van der Waals surface area (Å²) in [5.41, 5.74) is -0.189. The highest BCUT2D eigenvalue weighted by Crippen LogP contribution is 2.23. The first-order chi connectivity index (χ1) is 9.48. The lowest BCUT2D eigenvalue weighted by molar-refractivity contribution is -0.134. The van der Waals surface area contributed by atoms with E-state index in [0.717, 1.165) is 6.07 Å². The zero-order valence-electron chi connectivity index (χ0n) is 10.4. The molecule has 0 bridgehead atoms. The summed E-state index contributed by atoms with van der Waals surface area (Å²) in [5.74, 6) is -1.96. The van der Waals surface area contributed by atoms with Gasteiger partial charge in [0.1, 0.15) is 0 Å². The molecule has 0 amide bonds. The molecule has 0 atom stereocenters. The smallest absolute Gasteiger partial charge is 0.389 e. The number of halogens is 4. The van der Waals surface area contributed by atoms with Crippen LogP contribution in [0.3, 0.4) is 0 Å². The van der Waals surface area contributed by atoms with E-state index in [-0.39, 0.29) is 11.3 Å². The van der Waals surface area contributed by atoms with Gasteiger partial charge in [0.15, 0.2) is 0 Å². The molecule has 118 valence electrons.